The van der Waals surface area contributed by atoms with Gasteiger partial charge in [-0.3, -0.25) is 4.79 Å². The van der Waals surface area contributed by atoms with Crippen LogP contribution in [0.25, 0.3) is 16.3 Å². The third-order valence-electron chi connectivity index (χ3n) is 7.48. The van der Waals surface area contributed by atoms with Crippen molar-refractivity contribution in [3.63, 3.8) is 0 Å². The molecular formula is C31H28N6O. The topological polar surface area (TPSA) is 97.7 Å². The van der Waals surface area contributed by atoms with Crippen LogP contribution in [-0.4, -0.2) is 40.5 Å². The molecule has 0 fully saturated rings. The first-order valence-corrected chi connectivity index (χ1v) is 12.5. The summed E-state index contributed by atoms with van der Waals surface area (Å²) in [5, 5.41) is 24.7. The van der Waals surface area contributed by atoms with Gasteiger partial charge in [-0.2, -0.15) is 10.5 Å². The molecule has 0 saturated carbocycles. The van der Waals surface area contributed by atoms with E-state index in [4.69, 9.17) is 0 Å². The average molecular weight is 501 g/mol. The van der Waals surface area contributed by atoms with Gasteiger partial charge in [-0.25, -0.2) is 4.98 Å². The van der Waals surface area contributed by atoms with Crippen LogP contribution in [0.2, 0.25) is 0 Å². The van der Waals surface area contributed by atoms with Gasteiger partial charge in [0.05, 0.1) is 35.9 Å². The molecule has 0 radical (unpaired) electrons. The van der Waals surface area contributed by atoms with Crippen LogP contribution >= 0.6 is 0 Å². The molecular weight excluding hydrogens is 472 g/mol. The van der Waals surface area contributed by atoms with Gasteiger partial charge in [0.1, 0.15) is 5.54 Å². The van der Waals surface area contributed by atoms with Crippen LogP contribution in [0.1, 0.15) is 28.8 Å². The smallest absolute Gasteiger partial charge is 0.249 e. The molecule has 1 N–H and O–H groups in total. The number of rotatable bonds is 6. The SMILES string of the molecule is CNC(Cc1ccc(C#N)cc1)(C(=O)N1CCC(C#N)=C(c2cccc3ccccc23)C1)c1cncn1C. The number of nitrogens with zero attached hydrogens (tertiary/aromatic N) is 5. The Balaban J connectivity index is 1.56. The Kier molecular flexibility index (Phi) is 6.79. The lowest BCUT2D eigenvalue weighted by molar-refractivity contribution is -0.138. The highest BCUT2D eigenvalue weighted by Gasteiger charge is 2.45. The van der Waals surface area contributed by atoms with E-state index < -0.39 is 5.54 Å². The van der Waals surface area contributed by atoms with Crippen LogP contribution in [-0.2, 0) is 23.8 Å². The second-order valence-electron chi connectivity index (χ2n) is 9.60. The highest BCUT2D eigenvalue weighted by Crippen LogP contribution is 2.35. The molecule has 1 amide bonds. The van der Waals surface area contributed by atoms with Crippen LogP contribution in [0.4, 0.5) is 0 Å². The molecule has 0 aliphatic carbocycles. The van der Waals surface area contributed by atoms with Crippen molar-refractivity contribution in [2.45, 2.75) is 18.4 Å². The van der Waals surface area contributed by atoms with E-state index in [9.17, 15) is 15.3 Å². The van der Waals surface area contributed by atoms with Gasteiger partial charge in [0, 0.05) is 38.6 Å². The summed E-state index contributed by atoms with van der Waals surface area (Å²) in [6.45, 7) is 0.787. The van der Waals surface area contributed by atoms with Crippen LogP contribution in [0.15, 0.2) is 84.8 Å². The van der Waals surface area contributed by atoms with Gasteiger partial charge in [-0.05, 0) is 46.7 Å². The molecule has 3 aromatic carbocycles. The van der Waals surface area contributed by atoms with E-state index in [-0.39, 0.29) is 5.91 Å². The zero-order valence-corrected chi connectivity index (χ0v) is 21.5. The van der Waals surface area contributed by atoms with Crippen molar-refractivity contribution in [2.24, 2.45) is 7.05 Å². The van der Waals surface area contributed by atoms with E-state index in [0.717, 1.165) is 33.2 Å². The summed E-state index contributed by atoms with van der Waals surface area (Å²) in [4.78, 5) is 20.7. The van der Waals surface area contributed by atoms with Gasteiger partial charge in [0.25, 0.3) is 0 Å². The molecule has 1 unspecified atom stereocenters. The normalized spacial score (nSPS) is 15.1. The quantitative estimate of drug-likeness (QED) is 0.425. The van der Waals surface area contributed by atoms with Crippen LogP contribution in [0, 0.1) is 22.7 Å². The first-order valence-electron chi connectivity index (χ1n) is 12.5. The lowest BCUT2D eigenvalue weighted by atomic mass is 9.84. The van der Waals surface area contributed by atoms with E-state index in [0.29, 0.717) is 37.1 Å². The first kappa shape index (κ1) is 25.0. The third kappa shape index (κ3) is 4.34. The number of imidazole rings is 1. The molecule has 38 heavy (non-hydrogen) atoms. The van der Waals surface area contributed by atoms with Gasteiger partial charge in [0.15, 0.2) is 0 Å². The molecule has 2 heterocycles. The van der Waals surface area contributed by atoms with Crippen molar-refractivity contribution in [1.29, 1.82) is 10.5 Å². The Morgan fingerprint density at radius 2 is 1.82 bits per heavy atom. The zero-order chi connectivity index (χ0) is 26.7. The number of likely N-dealkylation sites (N-methyl/N-ethyl adjacent to an activating group) is 1. The van der Waals surface area contributed by atoms with E-state index in [1.165, 1.54) is 0 Å². The van der Waals surface area contributed by atoms with Crippen molar-refractivity contribution < 1.29 is 4.79 Å². The third-order valence-corrected chi connectivity index (χ3v) is 7.48. The standard InChI is InChI=1S/C31H28N6O/c1-34-31(29-19-35-21-36(29)2,16-22-10-12-23(17-32)13-11-22)30(38)37-15-14-25(18-33)28(20-37)27-9-5-7-24-6-3-4-8-26(24)27/h3-13,19,21,34H,14-16,20H2,1-2H3. The minimum absolute atomic E-state index is 0.0808. The van der Waals surface area contributed by atoms with E-state index >= 15 is 0 Å². The number of hydrogen-bond acceptors (Lipinski definition) is 5. The maximum Gasteiger partial charge on any atom is 0.249 e. The number of nitriles is 2. The Hall–Kier alpha value is -4.72. The van der Waals surface area contributed by atoms with Crippen LogP contribution in [0.5, 0.6) is 0 Å². The van der Waals surface area contributed by atoms with E-state index in [1.807, 2.05) is 52.9 Å². The Labute approximate surface area is 222 Å². The predicted molar refractivity (Wildman–Crippen MR) is 146 cm³/mol. The summed E-state index contributed by atoms with van der Waals surface area (Å²) >= 11 is 0. The molecule has 188 valence electrons. The minimum Gasteiger partial charge on any atom is -0.336 e. The van der Waals surface area contributed by atoms with Gasteiger partial charge in [-0.1, -0.05) is 54.6 Å². The molecule has 0 spiro atoms. The number of aryl methyl sites for hydroxylation is 1. The number of aromatic nitrogens is 2. The van der Waals surface area contributed by atoms with Crippen molar-refractivity contribution >= 4 is 22.3 Å². The lowest BCUT2D eigenvalue weighted by Gasteiger charge is -2.39. The van der Waals surface area contributed by atoms with E-state index in [1.54, 1.807) is 31.7 Å². The number of carbonyl (C=O) groups excluding carboxylic acids is 1. The molecule has 7 heteroatoms. The maximum atomic E-state index is 14.5. The van der Waals surface area contributed by atoms with Crippen LogP contribution in [0.3, 0.4) is 0 Å². The Bertz CT molecular complexity index is 1610. The fraction of sp³-hybridized carbons (Fsp3) is 0.226. The van der Waals surface area contributed by atoms with Crippen LogP contribution < -0.4 is 5.32 Å². The molecule has 1 aliphatic heterocycles. The number of carbonyl (C=O) groups is 1. The molecule has 1 aromatic heterocycles. The molecule has 0 saturated heterocycles. The Morgan fingerprint density at radius 1 is 1.05 bits per heavy atom. The zero-order valence-electron chi connectivity index (χ0n) is 21.5. The molecule has 4 aromatic rings. The molecule has 5 rings (SSSR count). The van der Waals surface area contributed by atoms with Crippen molar-refractivity contribution in [3.8, 4) is 12.1 Å². The highest BCUT2D eigenvalue weighted by atomic mass is 16.2. The Morgan fingerprint density at radius 3 is 2.50 bits per heavy atom. The molecule has 1 atom stereocenters. The number of benzene rings is 3. The highest BCUT2D eigenvalue weighted by molar-refractivity contribution is 5.97. The fourth-order valence-corrected chi connectivity index (χ4v) is 5.44. The van der Waals surface area contributed by atoms with Crippen molar-refractivity contribution in [3.05, 3.63) is 107 Å². The summed E-state index contributed by atoms with van der Waals surface area (Å²) in [6, 6.07) is 26.1. The first-order chi connectivity index (χ1) is 18.5. The van der Waals surface area contributed by atoms with Gasteiger partial charge in [0.2, 0.25) is 5.91 Å². The summed E-state index contributed by atoms with van der Waals surface area (Å²) in [5.74, 6) is -0.0808. The molecule has 7 nitrogen and oxygen atoms in total. The van der Waals surface area contributed by atoms with Gasteiger partial charge >= 0.3 is 0 Å². The average Bonchev–Trinajstić information content (AvgIpc) is 3.41. The predicted octanol–water partition coefficient (Wildman–Crippen LogP) is 4.31. The lowest BCUT2D eigenvalue weighted by Crippen LogP contribution is -2.57. The molecule has 1 aliphatic rings. The summed E-state index contributed by atoms with van der Waals surface area (Å²) < 4.78 is 1.87. The minimum atomic E-state index is -1.09. The molecule has 0 bridgehead atoms. The second kappa shape index (κ2) is 10.3. The summed E-state index contributed by atoms with van der Waals surface area (Å²) in [6.07, 6.45) is 4.29. The maximum absolute atomic E-state index is 14.5. The number of hydrogen-bond donors (Lipinski definition) is 1. The fourth-order valence-electron chi connectivity index (χ4n) is 5.44. The summed E-state index contributed by atoms with van der Waals surface area (Å²) in [5.41, 5.74) is 3.74. The van der Waals surface area contributed by atoms with Gasteiger partial charge < -0.3 is 14.8 Å². The van der Waals surface area contributed by atoms with Crippen molar-refractivity contribution in [1.82, 2.24) is 19.8 Å². The van der Waals surface area contributed by atoms with Crippen molar-refractivity contribution in [2.75, 3.05) is 20.1 Å². The van der Waals surface area contributed by atoms with Gasteiger partial charge in [-0.15, -0.1) is 0 Å². The second-order valence-corrected chi connectivity index (χ2v) is 9.60. The number of nitrogens with one attached hydrogen (secondary N) is 1. The number of fused-ring (bicyclic) bond motifs is 1. The largest absolute Gasteiger partial charge is 0.336 e. The number of amides is 1. The van der Waals surface area contributed by atoms with E-state index in [2.05, 4.69) is 40.6 Å². The summed E-state index contributed by atoms with van der Waals surface area (Å²) in [7, 11) is 3.67. The monoisotopic (exact) mass is 500 g/mol.